The Morgan fingerprint density at radius 1 is 1.21 bits per heavy atom. The van der Waals surface area contributed by atoms with E-state index < -0.39 is 11.0 Å². The van der Waals surface area contributed by atoms with Crippen molar-refractivity contribution in [3.8, 4) is 0 Å². The SMILES string of the molecule is CC1CC(OC(=O)C(C)(C)C(C)(C)N)CC(C)(C)C1. The fourth-order valence-corrected chi connectivity index (χ4v) is 2.91. The molecule has 0 aromatic heterocycles. The lowest BCUT2D eigenvalue weighted by atomic mass is 9.71. The Bertz CT molecular complexity index is 339. The Hall–Kier alpha value is -0.570. The van der Waals surface area contributed by atoms with Gasteiger partial charge in [0.25, 0.3) is 0 Å². The third-order valence-electron chi connectivity index (χ3n) is 4.74. The minimum Gasteiger partial charge on any atom is -0.462 e. The van der Waals surface area contributed by atoms with E-state index in [1.165, 1.54) is 6.42 Å². The molecule has 1 saturated carbocycles. The van der Waals surface area contributed by atoms with Crippen LogP contribution in [0.25, 0.3) is 0 Å². The molecule has 1 aliphatic rings. The quantitative estimate of drug-likeness (QED) is 0.798. The largest absolute Gasteiger partial charge is 0.462 e. The minimum atomic E-state index is -0.669. The first-order valence-corrected chi connectivity index (χ1v) is 7.35. The van der Waals surface area contributed by atoms with Crippen LogP contribution in [0.2, 0.25) is 0 Å². The van der Waals surface area contributed by atoms with E-state index in [0.29, 0.717) is 5.92 Å². The number of rotatable bonds is 3. The summed E-state index contributed by atoms with van der Waals surface area (Å²) >= 11 is 0. The highest BCUT2D eigenvalue weighted by Crippen LogP contribution is 2.41. The number of hydrogen-bond donors (Lipinski definition) is 1. The Balaban J connectivity index is 2.72. The lowest BCUT2D eigenvalue weighted by Gasteiger charge is -2.41. The van der Waals surface area contributed by atoms with Crippen molar-refractivity contribution in [2.24, 2.45) is 22.5 Å². The number of carbonyl (C=O) groups is 1. The molecule has 0 bridgehead atoms. The van der Waals surface area contributed by atoms with Gasteiger partial charge in [0.05, 0.1) is 5.41 Å². The molecule has 3 nitrogen and oxygen atoms in total. The van der Waals surface area contributed by atoms with Crippen LogP contribution in [0.1, 0.15) is 67.7 Å². The van der Waals surface area contributed by atoms with Crippen LogP contribution >= 0.6 is 0 Å². The second-order valence-corrected chi connectivity index (χ2v) is 8.29. The third kappa shape index (κ3) is 3.95. The van der Waals surface area contributed by atoms with E-state index in [1.54, 1.807) is 0 Å². The van der Waals surface area contributed by atoms with Crippen molar-refractivity contribution in [2.75, 3.05) is 0 Å². The highest BCUT2D eigenvalue weighted by Gasteiger charge is 2.44. The van der Waals surface area contributed by atoms with E-state index in [1.807, 2.05) is 27.7 Å². The molecule has 112 valence electrons. The van der Waals surface area contributed by atoms with Crippen molar-refractivity contribution in [1.82, 2.24) is 0 Å². The van der Waals surface area contributed by atoms with Gasteiger partial charge in [0.15, 0.2) is 0 Å². The maximum absolute atomic E-state index is 12.4. The normalized spacial score (nSPS) is 28.0. The number of ether oxygens (including phenoxy) is 1. The van der Waals surface area contributed by atoms with Gasteiger partial charge in [-0.1, -0.05) is 20.8 Å². The smallest absolute Gasteiger partial charge is 0.313 e. The van der Waals surface area contributed by atoms with E-state index >= 15 is 0 Å². The summed E-state index contributed by atoms with van der Waals surface area (Å²) in [6.07, 6.45) is 3.15. The van der Waals surface area contributed by atoms with Crippen LogP contribution in [0.15, 0.2) is 0 Å². The van der Waals surface area contributed by atoms with Crippen molar-refractivity contribution in [2.45, 2.75) is 79.4 Å². The summed E-state index contributed by atoms with van der Waals surface area (Å²) in [7, 11) is 0. The molecule has 3 heteroatoms. The van der Waals surface area contributed by atoms with E-state index in [4.69, 9.17) is 10.5 Å². The molecule has 0 aliphatic heterocycles. The van der Waals surface area contributed by atoms with Gasteiger partial charge in [-0.3, -0.25) is 4.79 Å². The molecule has 0 heterocycles. The summed E-state index contributed by atoms with van der Waals surface area (Å²) in [5, 5.41) is 0. The molecule has 0 radical (unpaired) electrons. The first kappa shape index (κ1) is 16.5. The van der Waals surface area contributed by atoms with Gasteiger partial charge in [0.2, 0.25) is 0 Å². The highest BCUT2D eigenvalue weighted by molar-refractivity contribution is 5.77. The van der Waals surface area contributed by atoms with Crippen LogP contribution in [-0.2, 0) is 9.53 Å². The minimum absolute atomic E-state index is 0.0351. The van der Waals surface area contributed by atoms with Crippen LogP contribution < -0.4 is 5.73 Å². The van der Waals surface area contributed by atoms with Crippen molar-refractivity contribution < 1.29 is 9.53 Å². The Kier molecular flexibility index (Phi) is 4.41. The maximum Gasteiger partial charge on any atom is 0.313 e. The van der Waals surface area contributed by atoms with E-state index in [2.05, 4.69) is 20.8 Å². The van der Waals surface area contributed by atoms with Crippen LogP contribution in [0.3, 0.4) is 0 Å². The molecule has 19 heavy (non-hydrogen) atoms. The Morgan fingerprint density at radius 2 is 1.74 bits per heavy atom. The zero-order valence-corrected chi connectivity index (χ0v) is 13.7. The standard InChI is InChI=1S/C16H31NO2/c1-11-8-12(10-14(2,3)9-11)19-13(18)15(4,5)16(6,7)17/h11-12H,8-10,17H2,1-7H3. The van der Waals surface area contributed by atoms with Crippen LogP contribution in [-0.4, -0.2) is 17.6 Å². The highest BCUT2D eigenvalue weighted by atomic mass is 16.5. The van der Waals surface area contributed by atoms with Gasteiger partial charge < -0.3 is 10.5 Å². The fraction of sp³-hybridized carbons (Fsp3) is 0.938. The predicted octanol–water partition coefficient (Wildman–Crippen LogP) is 3.51. The van der Waals surface area contributed by atoms with Gasteiger partial charge in [-0.15, -0.1) is 0 Å². The summed E-state index contributed by atoms with van der Waals surface area (Å²) in [6, 6.07) is 0. The molecule has 2 atom stereocenters. The number of nitrogens with two attached hydrogens (primary N) is 1. The molecule has 1 rings (SSSR count). The molecule has 0 aromatic rings. The first-order valence-electron chi connectivity index (χ1n) is 7.35. The summed E-state index contributed by atoms with van der Waals surface area (Å²) in [5.41, 5.74) is 5.10. The molecule has 2 unspecified atom stereocenters. The van der Waals surface area contributed by atoms with Gasteiger partial charge in [-0.05, 0) is 58.3 Å². The molecular weight excluding hydrogens is 238 g/mol. The average Bonchev–Trinajstić information content (AvgIpc) is 2.11. The molecular formula is C16H31NO2. The zero-order valence-electron chi connectivity index (χ0n) is 13.7. The van der Waals surface area contributed by atoms with E-state index in [9.17, 15) is 4.79 Å². The van der Waals surface area contributed by atoms with Gasteiger partial charge in [0.1, 0.15) is 6.10 Å². The van der Waals surface area contributed by atoms with Crippen molar-refractivity contribution in [3.63, 3.8) is 0 Å². The van der Waals surface area contributed by atoms with Crippen molar-refractivity contribution in [1.29, 1.82) is 0 Å². The van der Waals surface area contributed by atoms with Gasteiger partial charge in [0, 0.05) is 5.54 Å². The van der Waals surface area contributed by atoms with Gasteiger partial charge in [-0.2, -0.15) is 0 Å². The Morgan fingerprint density at radius 3 is 2.16 bits per heavy atom. The summed E-state index contributed by atoms with van der Waals surface area (Å²) in [6.45, 7) is 14.2. The summed E-state index contributed by atoms with van der Waals surface area (Å²) in [4.78, 5) is 12.4. The molecule has 1 fully saturated rings. The second-order valence-electron chi connectivity index (χ2n) is 8.29. The summed E-state index contributed by atoms with van der Waals surface area (Å²) in [5.74, 6) is 0.436. The van der Waals surface area contributed by atoms with Crippen molar-refractivity contribution >= 4 is 5.97 Å². The van der Waals surface area contributed by atoms with E-state index in [-0.39, 0.29) is 17.5 Å². The second kappa shape index (κ2) is 5.08. The molecule has 0 amide bonds. The third-order valence-corrected chi connectivity index (χ3v) is 4.74. The first-order chi connectivity index (χ1) is 8.35. The predicted molar refractivity (Wildman–Crippen MR) is 78.7 cm³/mol. The summed E-state index contributed by atoms with van der Waals surface area (Å²) < 4.78 is 5.77. The zero-order chi connectivity index (χ0) is 15.1. The van der Waals surface area contributed by atoms with Crippen LogP contribution in [0.5, 0.6) is 0 Å². The molecule has 0 spiro atoms. The Labute approximate surface area is 118 Å². The number of hydrogen-bond acceptors (Lipinski definition) is 3. The van der Waals surface area contributed by atoms with E-state index in [0.717, 1.165) is 12.8 Å². The average molecular weight is 269 g/mol. The molecule has 1 aliphatic carbocycles. The topological polar surface area (TPSA) is 52.3 Å². The van der Waals surface area contributed by atoms with Crippen molar-refractivity contribution in [3.05, 3.63) is 0 Å². The molecule has 2 N–H and O–H groups in total. The lowest BCUT2D eigenvalue weighted by Crippen LogP contribution is -2.53. The van der Waals surface area contributed by atoms with Gasteiger partial charge in [-0.25, -0.2) is 0 Å². The number of carbonyl (C=O) groups excluding carboxylic acids is 1. The monoisotopic (exact) mass is 269 g/mol. The maximum atomic E-state index is 12.4. The van der Waals surface area contributed by atoms with Crippen LogP contribution in [0.4, 0.5) is 0 Å². The molecule has 0 aromatic carbocycles. The van der Waals surface area contributed by atoms with Crippen LogP contribution in [0, 0.1) is 16.7 Å². The number of esters is 1. The fourth-order valence-electron chi connectivity index (χ4n) is 2.91. The van der Waals surface area contributed by atoms with Gasteiger partial charge >= 0.3 is 5.97 Å². The lowest BCUT2D eigenvalue weighted by molar-refractivity contribution is -0.167. The molecule has 0 saturated heterocycles.